The molecule has 2 aromatic carbocycles. The molecule has 0 saturated heterocycles. The van der Waals surface area contributed by atoms with Gasteiger partial charge in [0.05, 0.1) is 0 Å². The van der Waals surface area contributed by atoms with E-state index < -0.39 is 53.7 Å². The molecule has 0 aliphatic carbocycles. The van der Waals surface area contributed by atoms with E-state index in [1.54, 1.807) is 12.1 Å². The first-order valence-corrected chi connectivity index (χ1v) is 10.6. The number of hydrogen-bond acceptors (Lipinski definition) is 4. The molecular formula is C15H12F6O4S2. The molecule has 12 heteroatoms. The Labute approximate surface area is 150 Å². The van der Waals surface area contributed by atoms with E-state index in [1.165, 1.54) is 18.2 Å². The van der Waals surface area contributed by atoms with Crippen molar-refractivity contribution in [2.45, 2.75) is 16.9 Å². The van der Waals surface area contributed by atoms with Crippen molar-refractivity contribution >= 4 is 30.4 Å². The number of sulfone groups is 2. The molecule has 0 aliphatic heterocycles. The van der Waals surface area contributed by atoms with Gasteiger partial charge in [-0.2, -0.15) is 26.3 Å². The fourth-order valence-corrected chi connectivity index (χ4v) is 7.13. The van der Waals surface area contributed by atoms with Gasteiger partial charge in [0.1, 0.15) is 11.5 Å². The summed E-state index contributed by atoms with van der Waals surface area (Å²) in [6.45, 7) is 0. The van der Waals surface area contributed by atoms with Crippen LogP contribution in [-0.2, 0) is 19.7 Å². The average Bonchev–Trinajstić information content (AvgIpc) is 2.41. The average molecular weight is 434 g/mol. The summed E-state index contributed by atoms with van der Waals surface area (Å²) in [7, 11) is -11.1. The highest BCUT2D eigenvalue weighted by Gasteiger charge is 2.49. The molecule has 0 heterocycles. The zero-order valence-electron chi connectivity index (χ0n) is 13.3. The van der Waals surface area contributed by atoms with Crippen molar-refractivity contribution in [2.24, 2.45) is 0 Å². The largest absolute Gasteiger partial charge is 0.402 e. The highest BCUT2D eigenvalue weighted by Crippen LogP contribution is 2.37. The SMILES string of the molecule is O=S(=O)(CC(F)(F)F)C(c1ccc2ccccc2c1)S(=O)(=O)CC(F)(F)F. The quantitative estimate of drug-likeness (QED) is 0.672. The second-order valence-corrected chi connectivity index (χ2v) is 10.3. The van der Waals surface area contributed by atoms with Gasteiger partial charge in [0.2, 0.25) is 0 Å². The van der Waals surface area contributed by atoms with Crippen molar-refractivity contribution in [3.05, 3.63) is 48.0 Å². The lowest BCUT2D eigenvalue weighted by atomic mass is 10.1. The van der Waals surface area contributed by atoms with Gasteiger partial charge in [-0.3, -0.25) is 0 Å². The predicted octanol–water partition coefficient (Wildman–Crippen LogP) is 3.79. The molecule has 0 unspecified atom stereocenters. The molecule has 2 rings (SSSR count). The zero-order valence-corrected chi connectivity index (χ0v) is 14.9. The molecule has 0 fully saturated rings. The molecule has 0 aliphatic rings. The molecular weight excluding hydrogens is 422 g/mol. The molecule has 0 spiro atoms. The van der Waals surface area contributed by atoms with Gasteiger partial charge in [-0.05, 0) is 22.4 Å². The molecule has 0 atom stereocenters. The van der Waals surface area contributed by atoms with Crippen LogP contribution in [-0.4, -0.2) is 40.7 Å². The molecule has 0 saturated carbocycles. The van der Waals surface area contributed by atoms with Crippen molar-refractivity contribution in [1.82, 2.24) is 0 Å². The highest BCUT2D eigenvalue weighted by atomic mass is 32.3. The van der Waals surface area contributed by atoms with Crippen LogP contribution in [0.2, 0.25) is 0 Å². The Balaban J connectivity index is 2.68. The third-order valence-corrected chi connectivity index (χ3v) is 8.50. The van der Waals surface area contributed by atoms with Crippen LogP contribution in [0.5, 0.6) is 0 Å². The Bertz CT molecular complexity index is 994. The minimum atomic E-state index is -5.54. The molecule has 4 nitrogen and oxygen atoms in total. The van der Waals surface area contributed by atoms with Crippen molar-refractivity contribution in [3.63, 3.8) is 0 Å². The van der Waals surface area contributed by atoms with Gasteiger partial charge < -0.3 is 0 Å². The normalized spacial score (nSPS) is 14.0. The van der Waals surface area contributed by atoms with Crippen LogP contribution >= 0.6 is 0 Å². The lowest BCUT2D eigenvalue weighted by Gasteiger charge is -2.21. The number of benzene rings is 2. The minimum absolute atomic E-state index is 0.268. The van der Waals surface area contributed by atoms with Gasteiger partial charge in [-0.25, -0.2) is 16.8 Å². The van der Waals surface area contributed by atoms with Crippen LogP contribution in [0.3, 0.4) is 0 Å². The Morgan fingerprint density at radius 3 is 1.59 bits per heavy atom. The van der Waals surface area contributed by atoms with Crippen LogP contribution in [0.25, 0.3) is 10.8 Å². The van der Waals surface area contributed by atoms with Crippen molar-refractivity contribution in [3.8, 4) is 0 Å². The second kappa shape index (κ2) is 6.97. The van der Waals surface area contributed by atoms with E-state index in [0.29, 0.717) is 5.39 Å². The maximum absolute atomic E-state index is 12.6. The Morgan fingerprint density at radius 2 is 1.15 bits per heavy atom. The van der Waals surface area contributed by atoms with Crippen LogP contribution in [0.1, 0.15) is 10.1 Å². The number of halogens is 6. The van der Waals surface area contributed by atoms with Crippen LogP contribution < -0.4 is 0 Å². The molecule has 0 N–H and O–H groups in total. The lowest BCUT2D eigenvalue weighted by molar-refractivity contribution is -0.107. The van der Waals surface area contributed by atoms with E-state index in [0.717, 1.165) is 12.1 Å². The lowest BCUT2D eigenvalue weighted by Crippen LogP contribution is -2.35. The third-order valence-electron chi connectivity index (χ3n) is 3.43. The Hall–Kier alpha value is -1.82. The molecule has 0 bridgehead atoms. The summed E-state index contributed by atoms with van der Waals surface area (Å²) in [5.41, 5.74) is -0.679. The number of fused-ring (bicyclic) bond motifs is 1. The predicted molar refractivity (Wildman–Crippen MR) is 86.4 cm³/mol. The smallest absolute Gasteiger partial charge is 0.227 e. The number of alkyl halides is 6. The van der Waals surface area contributed by atoms with Gasteiger partial charge in [0.25, 0.3) is 0 Å². The van der Waals surface area contributed by atoms with Crippen molar-refractivity contribution in [2.75, 3.05) is 11.5 Å². The van der Waals surface area contributed by atoms with E-state index in [2.05, 4.69) is 0 Å². The van der Waals surface area contributed by atoms with Gasteiger partial charge >= 0.3 is 12.4 Å². The van der Waals surface area contributed by atoms with Gasteiger partial charge in [0.15, 0.2) is 24.3 Å². The first kappa shape index (κ1) is 21.5. The molecule has 0 radical (unpaired) electrons. The van der Waals surface area contributed by atoms with E-state index in [9.17, 15) is 43.2 Å². The molecule has 27 heavy (non-hydrogen) atoms. The van der Waals surface area contributed by atoms with Crippen LogP contribution in [0.4, 0.5) is 26.3 Å². The summed E-state index contributed by atoms with van der Waals surface area (Å²) >= 11 is 0. The highest BCUT2D eigenvalue weighted by molar-refractivity contribution is 8.08. The fourth-order valence-electron chi connectivity index (χ4n) is 2.60. The molecule has 150 valence electrons. The van der Waals surface area contributed by atoms with Crippen LogP contribution in [0.15, 0.2) is 42.5 Å². The maximum atomic E-state index is 12.6. The van der Waals surface area contributed by atoms with Gasteiger partial charge in [0, 0.05) is 0 Å². The summed E-state index contributed by atoms with van der Waals surface area (Å²) in [5, 5.41) is 0.769. The number of hydrogen-bond donors (Lipinski definition) is 0. The Kier molecular flexibility index (Phi) is 5.54. The van der Waals surface area contributed by atoms with Crippen molar-refractivity contribution in [1.29, 1.82) is 0 Å². The van der Waals surface area contributed by atoms with E-state index in [1.807, 2.05) is 0 Å². The fraction of sp³-hybridized carbons (Fsp3) is 0.333. The van der Waals surface area contributed by atoms with E-state index in [-0.39, 0.29) is 5.39 Å². The first-order valence-electron chi connectivity index (χ1n) is 7.16. The van der Waals surface area contributed by atoms with Crippen LogP contribution in [0, 0.1) is 0 Å². The maximum Gasteiger partial charge on any atom is 0.402 e. The monoisotopic (exact) mass is 434 g/mol. The summed E-state index contributed by atoms with van der Waals surface area (Å²) in [4.78, 5) is 0. The summed E-state index contributed by atoms with van der Waals surface area (Å²) in [6.07, 6.45) is -10.6. The standard InChI is InChI=1S/C15H12F6O4S2/c16-14(17,18)8-26(22,23)13(27(24,25)9-15(19,20)21)12-6-5-10-3-1-2-4-11(10)7-12/h1-7,13H,8-9H2. The second-order valence-electron chi connectivity index (χ2n) is 5.78. The van der Waals surface area contributed by atoms with Crippen molar-refractivity contribution < 1.29 is 43.2 Å². The summed E-state index contributed by atoms with van der Waals surface area (Å²) in [5.74, 6) is -5.12. The van der Waals surface area contributed by atoms with Gasteiger partial charge in [-0.1, -0.05) is 36.4 Å². The summed E-state index contributed by atoms with van der Waals surface area (Å²) < 4.78 is 121. The first-order chi connectivity index (χ1) is 12.1. The number of rotatable bonds is 5. The summed E-state index contributed by atoms with van der Waals surface area (Å²) in [6, 6.07) is 9.15. The van der Waals surface area contributed by atoms with E-state index in [4.69, 9.17) is 0 Å². The third kappa shape index (κ3) is 5.58. The minimum Gasteiger partial charge on any atom is -0.227 e. The van der Waals surface area contributed by atoms with Gasteiger partial charge in [-0.15, -0.1) is 0 Å². The molecule has 0 amide bonds. The Morgan fingerprint density at radius 1 is 0.704 bits per heavy atom. The molecule has 0 aromatic heterocycles. The topological polar surface area (TPSA) is 68.3 Å². The zero-order chi connectivity index (χ0) is 20.7. The molecule has 2 aromatic rings. The van der Waals surface area contributed by atoms with E-state index >= 15 is 0 Å².